The SMILES string of the molecule is C/C(=N\Nc1ccccc1C(F)(F)F)c1ccc(F)cc1F. The summed E-state index contributed by atoms with van der Waals surface area (Å²) in [4.78, 5) is 0. The van der Waals surface area contributed by atoms with E-state index in [9.17, 15) is 22.0 Å². The summed E-state index contributed by atoms with van der Waals surface area (Å²) >= 11 is 0. The highest BCUT2D eigenvalue weighted by atomic mass is 19.4. The fraction of sp³-hybridized carbons (Fsp3) is 0.133. The first-order chi connectivity index (χ1) is 10.3. The van der Waals surface area contributed by atoms with Crippen LogP contribution >= 0.6 is 0 Å². The van der Waals surface area contributed by atoms with Gasteiger partial charge in [-0.05, 0) is 31.2 Å². The lowest BCUT2D eigenvalue weighted by molar-refractivity contribution is -0.136. The number of hydrazone groups is 1. The number of para-hydroxylation sites is 1. The van der Waals surface area contributed by atoms with Crippen molar-refractivity contribution < 1.29 is 22.0 Å². The molecule has 0 saturated carbocycles. The molecule has 0 amide bonds. The van der Waals surface area contributed by atoms with Crippen molar-refractivity contribution >= 4 is 11.4 Å². The molecular formula is C15H11F5N2. The van der Waals surface area contributed by atoms with Crippen molar-refractivity contribution in [2.24, 2.45) is 5.10 Å². The Morgan fingerprint density at radius 2 is 1.73 bits per heavy atom. The van der Waals surface area contributed by atoms with Gasteiger partial charge in [0.15, 0.2) is 0 Å². The monoisotopic (exact) mass is 314 g/mol. The van der Waals surface area contributed by atoms with E-state index in [1.165, 1.54) is 31.2 Å². The van der Waals surface area contributed by atoms with Gasteiger partial charge in [0.25, 0.3) is 0 Å². The fourth-order valence-corrected chi connectivity index (χ4v) is 1.82. The van der Waals surface area contributed by atoms with Crippen LogP contribution in [0.3, 0.4) is 0 Å². The Morgan fingerprint density at radius 1 is 1.05 bits per heavy atom. The molecule has 0 aliphatic heterocycles. The zero-order chi connectivity index (χ0) is 16.3. The summed E-state index contributed by atoms with van der Waals surface area (Å²) in [6, 6.07) is 7.68. The summed E-state index contributed by atoms with van der Waals surface area (Å²) in [6.45, 7) is 1.40. The zero-order valence-corrected chi connectivity index (χ0v) is 11.4. The van der Waals surface area contributed by atoms with Gasteiger partial charge in [-0.1, -0.05) is 12.1 Å². The Hall–Kier alpha value is -2.44. The predicted molar refractivity (Wildman–Crippen MR) is 73.6 cm³/mol. The molecule has 2 nitrogen and oxygen atoms in total. The molecule has 0 bridgehead atoms. The number of hydrogen-bond acceptors (Lipinski definition) is 2. The Balaban J connectivity index is 2.29. The molecule has 0 aliphatic carbocycles. The second-order valence-electron chi connectivity index (χ2n) is 4.48. The maximum Gasteiger partial charge on any atom is 0.418 e. The van der Waals surface area contributed by atoms with E-state index in [2.05, 4.69) is 10.5 Å². The molecule has 7 heteroatoms. The van der Waals surface area contributed by atoms with Crippen LogP contribution in [0.1, 0.15) is 18.1 Å². The number of benzene rings is 2. The van der Waals surface area contributed by atoms with Crippen LogP contribution in [-0.4, -0.2) is 5.71 Å². The van der Waals surface area contributed by atoms with Crippen molar-refractivity contribution in [3.8, 4) is 0 Å². The molecule has 0 fully saturated rings. The van der Waals surface area contributed by atoms with Gasteiger partial charge in [-0.2, -0.15) is 18.3 Å². The summed E-state index contributed by atoms with van der Waals surface area (Å²) in [5.74, 6) is -1.59. The van der Waals surface area contributed by atoms with Crippen LogP contribution in [0, 0.1) is 11.6 Å². The van der Waals surface area contributed by atoms with E-state index in [-0.39, 0.29) is 17.0 Å². The topological polar surface area (TPSA) is 24.4 Å². The van der Waals surface area contributed by atoms with Crippen LogP contribution < -0.4 is 5.43 Å². The van der Waals surface area contributed by atoms with E-state index in [1.54, 1.807) is 0 Å². The zero-order valence-electron chi connectivity index (χ0n) is 11.4. The van der Waals surface area contributed by atoms with Crippen LogP contribution in [0.25, 0.3) is 0 Å². The molecule has 0 aromatic heterocycles. The summed E-state index contributed by atoms with van der Waals surface area (Å²) in [6.07, 6.45) is -4.53. The average molecular weight is 314 g/mol. The largest absolute Gasteiger partial charge is 0.418 e. The Bertz CT molecular complexity index is 707. The first-order valence-corrected chi connectivity index (χ1v) is 6.21. The Kier molecular flexibility index (Phi) is 4.44. The number of nitrogens with zero attached hydrogens (tertiary/aromatic N) is 1. The smallest absolute Gasteiger partial charge is 0.278 e. The lowest BCUT2D eigenvalue weighted by Gasteiger charge is -2.12. The molecule has 0 unspecified atom stereocenters. The highest BCUT2D eigenvalue weighted by Crippen LogP contribution is 2.34. The van der Waals surface area contributed by atoms with Crippen molar-refractivity contribution in [2.45, 2.75) is 13.1 Å². The summed E-state index contributed by atoms with van der Waals surface area (Å²) in [7, 11) is 0. The highest BCUT2D eigenvalue weighted by Gasteiger charge is 2.33. The normalized spacial score (nSPS) is 12.4. The van der Waals surface area contributed by atoms with Crippen LogP contribution in [0.15, 0.2) is 47.6 Å². The van der Waals surface area contributed by atoms with Crippen molar-refractivity contribution in [1.29, 1.82) is 0 Å². The van der Waals surface area contributed by atoms with Crippen LogP contribution in [0.4, 0.5) is 27.6 Å². The van der Waals surface area contributed by atoms with Gasteiger partial charge in [0.05, 0.1) is 17.0 Å². The third-order valence-corrected chi connectivity index (χ3v) is 2.90. The first-order valence-electron chi connectivity index (χ1n) is 6.21. The van der Waals surface area contributed by atoms with E-state index in [4.69, 9.17) is 0 Å². The number of hydrogen-bond donors (Lipinski definition) is 1. The third kappa shape index (κ3) is 3.60. The molecule has 0 saturated heterocycles. The maximum absolute atomic E-state index is 13.6. The van der Waals surface area contributed by atoms with Gasteiger partial charge in [-0.3, -0.25) is 5.43 Å². The predicted octanol–water partition coefficient (Wildman–Crippen LogP) is 4.82. The minimum atomic E-state index is -4.53. The van der Waals surface area contributed by atoms with Gasteiger partial charge < -0.3 is 0 Å². The van der Waals surface area contributed by atoms with E-state index in [0.717, 1.165) is 12.1 Å². The number of alkyl halides is 3. The van der Waals surface area contributed by atoms with E-state index in [1.807, 2.05) is 0 Å². The summed E-state index contributed by atoms with van der Waals surface area (Å²) in [5, 5.41) is 3.73. The molecule has 116 valence electrons. The maximum atomic E-state index is 13.6. The molecule has 22 heavy (non-hydrogen) atoms. The van der Waals surface area contributed by atoms with E-state index in [0.29, 0.717) is 6.07 Å². The fourth-order valence-electron chi connectivity index (χ4n) is 1.82. The highest BCUT2D eigenvalue weighted by molar-refractivity contribution is 5.99. The molecule has 0 radical (unpaired) electrons. The van der Waals surface area contributed by atoms with E-state index < -0.39 is 23.4 Å². The first kappa shape index (κ1) is 15.9. The number of halogens is 5. The summed E-state index contributed by atoms with van der Waals surface area (Å²) in [5.41, 5.74) is 1.22. The van der Waals surface area contributed by atoms with Crippen LogP contribution in [0.5, 0.6) is 0 Å². The lowest BCUT2D eigenvalue weighted by Crippen LogP contribution is -2.09. The van der Waals surface area contributed by atoms with Gasteiger partial charge >= 0.3 is 6.18 Å². The molecule has 0 spiro atoms. The van der Waals surface area contributed by atoms with Gasteiger partial charge in [0.2, 0.25) is 0 Å². The number of nitrogens with one attached hydrogen (secondary N) is 1. The molecule has 1 N–H and O–H groups in total. The third-order valence-electron chi connectivity index (χ3n) is 2.90. The van der Waals surface area contributed by atoms with Gasteiger partial charge in [-0.15, -0.1) is 0 Å². The van der Waals surface area contributed by atoms with Gasteiger partial charge in [-0.25, -0.2) is 8.78 Å². The summed E-state index contributed by atoms with van der Waals surface area (Å²) < 4.78 is 64.8. The molecule has 0 aliphatic rings. The minimum Gasteiger partial charge on any atom is -0.278 e. The Labute approximate surface area is 123 Å². The van der Waals surface area contributed by atoms with Crippen molar-refractivity contribution in [1.82, 2.24) is 0 Å². The van der Waals surface area contributed by atoms with Crippen molar-refractivity contribution in [2.75, 3.05) is 5.43 Å². The van der Waals surface area contributed by atoms with Crippen molar-refractivity contribution in [3.05, 3.63) is 65.2 Å². The molecular weight excluding hydrogens is 303 g/mol. The number of anilines is 1. The molecule has 0 atom stereocenters. The average Bonchev–Trinajstić information content (AvgIpc) is 2.44. The minimum absolute atomic E-state index is 0.00149. The quantitative estimate of drug-likeness (QED) is 0.490. The van der Waals surface area contributed by atoms with Gasteiger partial charge in [0, 0.05) is 11.6 Å². The second kappa shape index (κ2) is 6.13. The van der Waals surface area contributed by atoms with Crippen LogP contribution in [0.2, 0.25) is 0 Å². The second-order valence-corrected chi connectivity index (χ2v) is 4.48. The lowest BCUT2D eigenvalue weighted by atomic mass is 10.1. The van der Waals surface area contributed by atoms with Crippen LogP contribution in [-0.2, 0) is 6.18 Å². The molecule has 2 aromatic carbocycles. The molecule has 0 heterocycles. The van der Waals surface area contributed by atoms with Crippen molar-refractivity contribution in [3.63, 3.8) is 0 Å². The Morgan fingerprint density at radius 3 is 2.36 bits per heavy atom. The molecule has 2 aromatic rings. The number of rotatable bonds is 3. The standard InChI is InChI=1S/C15H11F5N2/c1-9(11-7-6-10(16)8-13(11)17)21-22-14-5-3-2-4-12(14)15(18,19)20/h2-8,22H,1H3/b21-9+. The van der Waals surface area contributed by atoms with Gasteiger partial charge in [0.1, 0.15) is 11.6 Å². The molecule has 2 rings (SSSR count). The van der Waals surface area contributed by atoms with E-state index >= 15 is 0 Å².